The van der Waals surface area contributed by atoms with Crippen molar-refractivity contribution < 1.29 is 13.2 Å². The number of anilines is 1. The minimum atomic E-state index is -3.19. The van der Waals surface area contributed by atoms with Crippen LogP contribution in [-0.4, -0.2) is 31.4 Å². The molecule has 1 amide bonds. The van der Waals surface area contributed by atoms with Crippen LogP contribution in [0.4, 0.5) is 5.69 Å². The third kappa shape index (κ3) is 3.39. The van der Waals surface area contributed by atoms with Crippen LogP contribution in [0.3, 0.4) is 0 Å². The molecule has 0 unspecified atom stereocenters. The van der Waals surface area contributed by atoms with E-state index >= 15 is 0 Å². The molecule has 4 aliphatic carbocycles. The van der Waals surface area contributed by atoms with Crippen LogP contribution in [0.1, 0.15) is 56.1 Å². The van der Waals surface area contributed by atoms with Crippen LogP contribution < -0.4 is 5.32 Å². The van der Waals surface area contributed by atoms with E-state index in [1.165, 1.54) is 49.1 Å². The zero-order valence-electron chi connectivity index (χ0n) is 16.6. The van der Waals surface area contributed by atoms with Crippen molar-refractivity contribution in [3.63, 3.8) is 0 Å². The normalized spacial score (nSPS) is 34.2. The van der Waals surface area contributed by atoms with Crippen LogP contribution in [0.5, 0.6) is 0 Å². The molecule has 28 heavy (non-hydrogen) atoms. The Morgan fingerprint density at radius 1 is 1.14 bits per heavy atom. The molecule has 1 N–H and O–H groups in total. The Morgan fingerprint density at radius 3 is 2.39 bits per heavy atom. The van der Waals surface area contributed by atoms with Crippen molar-refractivity contribution >= 4 is 21.6 Å². The molecule has 6 rings (SSSR count). The van der Waals surface area contributed by atoms with Gasteiger partial charge in [0.15, 0.2) is 0 Å². The van der Waals surface area contributed by atoms with Gasteiger partial charge in [0.25, 0.3) is 0 Å². The standard InChI is InChI=1S/C22H30N2O3S/c1-28(26,27)24-6-5-19-18(14-24)3-2-4-20(19)23-21(25)13-22-10-15-7-16(11-22)9-17(8-15)12-22/h2-4,15-17H,5-14H2,1H3,(H,23,25). The van der Waals surface area contributed by atoms with Gasteiger partial charge in [-0.3, -0.25) is 4.79 Å². The number of carbonyl (C=O) groups is 1. The Kier molecular flexibility index (Phi) is 4.36. The van der Waals surface area contributed by atoms with E-state index in [1.807, 2.05) is 18.2 Å². The lowest BCUT2D eigenvalue weighted by Gasteiger charge is -2.56. The van der Waals surface area contributed by atoms with Gasteiger partial charge < -0.3 is 5.32 Å². The third-order valence-corrected chi connectivity index (χ3v) is 8.92. The van der Waals surface area contributed by atoms with Gasteiger partial charge in [-0.25, -0.2) is 8.42 Å². The van der Waals surface area contributed by atoms with Crippen LogP contribution in [-0.2, 0) is 27.8 Å². The third-order valence-electron chi connectivity index (χ3n) is 7.67. The predicted octanol–water partition coefficient (Wildman–Crippen LogP) is 3.55. The number of carbonyl (C=O) groups excluding carboxylic acids is 1. The largest absolute Gasteiger partial charge is 0.326 e. The minimum absolute atomic E-state index is 0.140. The molecule has 6 heteroatoms. The highest BCUT2D eigenvalue weighted by molar-refractivity contribution is 7.88. The number of nitrogens with zero attached hydrogens (tertiary/aromatic N) is 1. The molecule has 0 saturated heterocycles. The first-order valence-corrected chi connectivity index (χ1v) is 12.5. The van der Waals surface area contributed by atoms with Gasteiger partial charge >= 0.3 is 0 Å². The molecule has 1 aromatic carbocycles. The highest BCUT2D eigenvalue weighted by Gasteiger charge is 2.51. The molecule has 4 fully saturated rings. The lowest BCUT2D eigenvalue weighted by molar-refractivity contribution is -0.124. The summed E-state index contributed by atoms with van der Waals surface area (Å²) in [6.07, 6.45) is 10.5. The molecular formula is C22H30N2O3S. The van der Waals surface area contributed by atoms with Crippen LogP contribution in [0.15, 0.2) is 18.2 Å². The molecule has 0 aromatic heterocycles. The Balaban J connectivity index is 1.30. The van der Waals surface area contributed by atoms with E-state index in [-0.39, 0.29) is 11.3 Å². The zero-order chi connectivity index (χ0) is 19.5. The second kappa shape index (κ2) is 6.56. The van der Waals surface area contributed by atoms with Crippen LogP contribution in [0, 0.1) is 23.2 Å². The molecular weight excluding hydrogens is 372 g/mol. The predicted molar refractivity (Wildman–Crippen MR) is 109 cm³/mol. The fraction of sp³-hybridized carbons (Fsp3) is 0.682. The zero-order valence-corrected chi connectivity index (χ0v) is 17.4. The molecule has 0 atom stereocenters. The second-order valence-corrected chi connectivity index (χ2v) is 11.9. The van der Waals surface area contributed by atoms with Crippen molar-refractivity contribution in [2.24, 2.45) is 23.2 Å². The van der Waals surface area contributed by atoms with Crippen LogP contribution in [0.25, 0.3) is 0 Å². The van der Waals surface area contributed by atoms with Gasteiger partial charge in [-0.2, -0.15) is 4.31 Å². The van der Waals surface area contributed by atoms with Gasteiger partial charge in [-0.15, -0.1) is 0 Å². The SMILES string of the molecule is CS(=O)(=O)N1CCc2c(cccc2NC(=O)CC23CC4CC(CC(C4)C2)C3)C1. The quantitative estimate of drug-likeness (QED) is 0.838. The van der Waals surface area contributed by atoms with Gasteiger partial charge in [-0.05, 0) is 85.3 Å². The summed E-state index contributed by atoms with van der Waals surface area (Å²) in [7, 11) is -3.19. The maximum Gasteiger partial charge on any atom is 0.224 e. The minimum Gasteiger partial charge on any atom is -0.326 e. The van der Waals surface area contributed by atoms with Crippen molar-refractivity contribution in [3.8, 4) is 0 Å². The van der Waals surface area contributed by atoms with Crippen molar-refractivity contribution in [1.29, 1.82) is 0 Å². The summed E-state index contributed by atoms with van der Waals surface area (Å²) < 4.78 is 25.2. The Bertz CT molecular complexity index is 873. The summed E-state index contributed by atoms with van der Waals surface area (Å²) in [4.78, 5) is 13.0. The van der Waals surface area contributed by atoms with E-state index in [2.05, 4.69) is 5.32 Å². The van der Waals surface area contributed by atoms with E-state index in [1.54, 1.807) is 0 Å². The van der Waals surface area contributed by atoms with E-state index < -0.39 is 10.0 Å². The Morgan fingerprint density at radius 2 is 1.79 bits per heavy atom. The van der Waals surface area contributed by atoms with Crippen molar-refractivity contribution in [3.05, 3.63) is 29.3 Å². The number of rotatable bonds is 4. The average molecular weight is 403 g/mol. The fourth-order valence-electron chi connectivity index (χ4n) is 7.03. The smallest absolute Gasteiger partial charge is 0.224 e. The van der Waals surface area contributed by atoms with Gasteiger partial charge in [0.2, 0.25) is 15.9 Å². The molecule has 0 spiro atoms. The number of nitrogens with one attached hydrogen (secondary N) is 1. The second-order valence-electron chi connectivity index (χ2n) is 9.93. The summed E-state index contributed by atoms with van der Waals surface area (Å²) in [5.74, 6) is 2.70. The number of fused-ring (bicyclic) bond motifs is 1. The number of hydrogen-bond acceptors (Lipinski definition) is 3. The first-order chi connectivity index (χ1) is 13.3. The number of hydrogen-bond donors (Lipinski definition) is 1. The van der Waals surface area contributed by atoms with E-state index in [0.717, 1.165) is 34.6 Å². The molecule has 5 aliphatic rings. The van der Waals surface area contributed by atoms with Crippen molar-refractivity contribution in [1.82, 2.24) is 4.31 Å². The summed E-state index contributed by atoms with van der Waals surface area (Å²) in [5.41, 5.74) is 3.21. The summed E-state index contributed by atoms with van der Waals surface area (Å²) in [6.45, 7) is 0.876. The number of sulfonamides is 1. The Labute approximate surface area is 167 Å². The highest BCUT2D eigenvalue weighted by Crippen LogP contribution is 2.61. The molecule has 1 aromatic rings. The van der Waals surface area contributed by atoms with Gasteiger partial charge in [0.05, 0.1) is 6.26 Å². The van der Waals surface area contributed by atoms with Gasteiger partial charge in [0.1, 0.15) is 0 Å². The topological polar surface area (TPSA) is 66.5 Å². The maximum absolute atomic E-state index is 13.0. The average Bonchev–Trinajstić information content (AvgIpc) is 2.59. The van der Waals surface area contributed by atoms with Crippen molar-refractivity contribution in [2.45, 2.75) is 57.9 Å². The van der Waals surface area contributed by atoms with E-state index in [0.29, 0.717) is 25.9 Å². The fourth-order valence-corrected chi connectivity index (χ4v) is 7.82. The molecule has 5 nitrogen and oxygen atoms in total. The highest BCUT2D eigenvalue weighted by atomic mass is 32.2. The summed E-state index contributed by atoms with van der Waals surface area (Å²) in [6, 6.07) is 5.86. The molecule has 152 valence electrons. The maximum atomic E-state index is 13.0. The summed E-state index contributed by atoms with van der Waals surface area (Å²) >= 11 is 0. The van der Waals surface area contributed by atoms with E-state index in [9.17, 15) is 13.2 Å². The molecule has 4 saturated carbocycles. The number of amides is 1. The van der Waals surface area contributed by atoms with Gasteiger partial charge in [-0.1, -0.05) is 12.1 Å². The first kappa shape index (κ1) is 18.6. The molecule has 4 bridgehead atoms. The van der Waals surface area contributed by atoms with Gasteiger partial charge in [0, 0.05) is 25.2 Å². The lowest BCUT2D eigenvalue weighted by Crippen LogP contribution is -2.47. The first-order valence-electron chi connectivity index (χ1n) is 10.7. The number of benzene rings is 1. The molecule has 1 heterocycles. The monoisotopic (exact) mass is 402 g/mol. The van der Waals surface area contributed by atoms with Crippen molar-refractivity contribution in [2.75, 3.05) is 18.1 Å². The Hall–Kier alpha value is -1.40. The van der Waals surface area contributed by atoms with Crippen LogP contribution in [0.2, 0.25) is 0 Å². The molecule has 0 radical (unpaired) electrons. The van der Waals surface area contributed by atoms with Crippen LogP contribution >= 0.6 is 0 Å². The molecule has 1 aliphatic heterocycles. The van der Waals surface area contributed by atoms with E-state index in [4.69, 9.17) is 0 Å². The summed E-state index contributed by atoms with van der Waals surface area (Å²) in [5, 5.41) is 3.19. The lowest BCUT2D eigenvalue weighted by atomic mass is 9.49.